The molecule has 0 spiro atoms. The first-order chi connectivity index (χ1) is 12.1. The highest BCUT2D eigenvalue weighted by molar-refractivity contribution is 5.16. The van der Waals surface area contributed by atoms with E-state index in [0.717, 1.165) is 51.4 Å². The van der Waals surface area contributed by atoms with Crippen LogP contribution in [0.4, 0.5) is 4.39 Å². The van der Waals surface area contributed by atoms with Gasteiger partial charge in [-0.3, -0.25) is 4.90 Å². The van der Waals surface area contributed by atoms with Gasteiger partial charge in [-0.05, 0) is 36.6 Å². The Hall–Kier alpha value is -1.86. The Morgan fingerprint density at radius 1 is 1.24 bits per heavy atom. The second-order valence-corrected chi connectivity index (χ2v) is 7.14. The quantitative estimate of drug-likeness (QED) is 0.868. The van der Waals surface area contributed by atoms with E-state index >= 15 is 0 Å². The number of nitrogens with one attached hydrogen (secondary N) is 1. The lowest BCUT2D eigenvalue weighted by molar-refractivity contribution is 0.132. The van der Waals surface area contributed by atoms with Crippen molar-refractivity contribution in [3.8, 4) is 0 Å². The third kappa shape index (κ3) is 5.06. The zero-order valence-corrected chi connectivity index (χ0v) is 15.0. The maximum atomic E-state index is 13.2. The van der Waals surface area contributed by atoms with Crippen molar-refractivity contribution in [3.63, 3.8) is 0 Å². The van der Waals surface area contributed by atoms with Crippen LogP contribution >= 0.6 is 0 Å². The molecule has 1 aromatic carbocycles. The number of halogens is 1. The van der Waals surface area contributed by atoms with Gasteiger partial charge in [0.05, 0.1) is 0 Å². The van der Waals surface area contributed by atoms with E-state index in [0.29, 0.717) is 12.0 Å². The van der Waals surface area contributed by atoms with Crippen LogP contribution in [0.2, 0.25) is 0 Å². The van der Waals surface area contributed by atoms with Crippen LogP contribution in [0.3, 0.4) is 0 Å². The Bertz CT molecular complexity index is 628. The molecule has 1 N–H and O–H groups in total. The molecule has 136 valence electrons. The van der Waals surface area contributed by atoms with Crippen LogP contribution in [0.25, 0.3) is 0 Å². The Morgan fingerprint density at radius 3 is 2.72 bits per heavy atom. The number of aromatic amines is 1. The topological polar surface area (TPSA) is 60.9 Å². The lowest BCUT2D eigenvalue weighted by atomic mass is 10.0. The molecule has 1 aliphatic heterocycles. The van der Waals surface area contributed by atoms with Gasteiger partial charge in [-0.2, -0.15) is 5.21 Å². The van der Waals surface area contributed by atoms with Gasteiger partial charge in [-0.1, -0.05) is 31.2 Å². The van der Waals surface area contributed by atoms with Gasteiger partial charge in [0.1, 0.15) is 5.82 Å². The summed E-state index contributed by atoms with van der Waals surface area (Å²) in [7, 11) is 0. The molecule has 7 heteroatoms. The fourth-order valence-electron chi connectivity index (χ4n) is 3.54. The molecule has 1 atom stereocenters. The van der Waals surface area contributed by atoms with Crippen molar-refractivity contribution in [1.29, 1.82) is 0 Å². The minimum absolute atomic E-state index is 0.173. The molecule has 2 aromatic rings. The molecule has 1 saturated heterocycles. The number of hydrogen-bond acceptors (Lipinski definition) is 5. The zero-order valence-electron chi connectivity index (χ0n) is 15.0. The van der Waals surface area contributed by atoms with Crippen molar-refractivity contribution in [1.82, 2.24) is 30.4 Å². The second-order valence-electron chi connectivity index (χ2n) is 7.14. The van der Waals surface area contributed by atoms with Crippen molar-refractivity contribution in [3.05, 3.63) is 41.5 Å². The number of H-pyrrole nitrogens is 1. The number of tetrazole rings is 1. The van der Waals surface area contributed by atoms with Gasteiger partial charge in [0.15, 0.2) is 5.82 Å². The molecule has 0 saturated carbocycles. The molecule has 3 rings (SSSR count). The van der Waals surface area contributed by atoms with Crippen molar-refractivity contribution < 1.29 is 4.39 Å². The van der Waals surface area contributed by atoms with Crippen LogP contribution in [0.15, 0.2) is 24.3 Å². The van der Waals surface area contributed by atoms with E-state index in [2.05, 4.69) is 44.3 Å². The van der Waals surface area contributed by atoms with E-state index < -0.39 is 0 Å². The Balaban J connectivity index is 1.62. The summed E-state index contributed by atoms with van der Waals surface area (Å²) in [5, 5.41) is 14.2. The third-order valence-electron chi connectivity index (χ3n) is 4.94. The molecule has 0 radical (unpaired) electrons. The predicted octanol–water partition coefficient (Wildman–Crippen LogP) is 2.11. The Kier molecular flexibility index (Phi) is 6.09. The fourth-order valence-corrected chi connectivity index (χ4v) is 3.54. The van der Waals surface area contributed by atoms with E-state index in [1.165, 1.54) is 5.56 Å². The first kappa shape index (κ1) is 17.9. The molecule has 0 amide bonds. The van der Waals surface area contributed by atoms with Crippen LogP contribution in [0.5, 0.6) is 0 Å². The van der Waals surface area contributed by atoms with E-state index in [1.54, 1.807) is 12.1 Å². The summed E-state index contributed by atoms with van der Waals surface area (Å²) in [6.07, 6.45) is 1.95. The van der Waals surface area contributed by atoms with Crippen LogP contribution in [0, 0.1) is 11.7 Å². The Labute approximate surface area is 148 Å². The molecule has 0 bridgehead atoms. The standard InChI is InChI=1S/C18H27FN6/c1-14(2)17-13-24(11-8-18-20-22-23-21-18)9-3-10-25(17)12-15-4-6-16(19)7-5-15/h4-7,14,17H,3,8-13H2,1-2H3,(H,20,21,22,23)/t17-/m0/s1. The first-order valence-corrected chi connectivity index (χ1v) is 9.05. The van der Waals surface area contributed by atoms with E-state index in [9.17, 15) is 4.39 Å². The molecule has 1 aromatic heterocycles. The maximum Gasteiger partial charge on any atom is 0.175 e. The van der Waals surface area contributed by atoms with Crippen LogP contribution in [-0.4, -0.2) is 62.6 Å². The average molecular weight is 346 g/mol. The molecular weight excluding hydrogens is 319 g/mol. The molecule has 6 nitrogen and oxygen atoms in total. The van der Waals surface area contributed by atoms with Crippen molar-refractivity contribution in [2.45, 2.75) is 39.3 Å². The highest BCUT2D eigenvalue weighted by atomic mass is 19.1. The SMILES string of the molecule is CC(C)[C@@H]1CN(CCc2nn[nH]n2)CCCN1Cc1ccc(F)cc1. The minimum Gasteiger partial charge on any atom is -0.301 e. The largest absolute Gasteiger partial charge is 0.301 e. The van der Waals surface area contributed by atoms with Crippen molar-refractivity contribution in [2.24, 2.45) is 5.92 Å². The Morgan fingerprint density at radius 2 is 2.04 bits per heavy atom. The zero-order chi connectivity index (χ0) is 17.6. The number of hydrogen-bond donors (Lipinski definition) is 1. The maximum absolute atomic E-state index is 13.2. The van der Waals surface area contributed by atoms with Crippen LogP contribution in [0.1, 0.15) is 31.7 Å². The third-order valence-corrected chi connectivity index (χ3v) is 4.94. The summed E-state index contributed by atoms with van der Waals surface area (Å²) < 4.78 is 13.2. The normalized spacial score (nSPS) is 20.1. The van der Waals surface area contributed by atoms with Gasteiger partial charge in [0, 0.05) is 38.6 Å². The van der Waals surface area contributed by atoms with E-state index in [-0.39, 0.29) is 5.82 Å². The number of nitrogens with zero attached hydrogens (tertiary/aromatic N) is 5. The lowest BCUT2D eigenvalue weighted by Crippen LogP contribution is -2.44. The van der Waals surface area contributed by atoms with Gasteiger partial charge in [0.25, 0.3) is 0 Å². The number of aromatic nitrogens is 4. The first-order valence-electron chi connectivity index (χ1n) is 9.05. The van der Waals surface area contributed by atoms with Crippen LogP contribution in [-0.2, 0) is 13.0 Å². The van der Waals surface area contributed by atoms with Crippen molar-refractivity contribution in [2.75, 3.05) is 26.2 Å². The minimum atomic E-state index is -0.173. The van der Waals surface area contributed by atoms with Crippen LogP contribution < -0.4 is 0 Å². The van der Waals surface area contributed by atoms with Crippen molar-refractivity contribution >= 4 is 0 Å². The van der Waals surface area contributed by atoms with Gasteiger partial charge < -0.3 is 4.90 Å². The lowest BCUT2D eigenvalue weighted by Gasteiger charge is -2.34. The summed E-state index contributed by atoms with van der Waals surface area (Å²) in [5.41, 5.74) is 1.17. The predicted molar refractivity (Wildman–Crippen MR) is 94.4 cm³/mol. The summed E-state index contributed by atoms with van der Waals surface area (Å²) in [6, 6.07) is 7.37. The molecule has 2 heterocycles. The number of rotatable bonds is 6. The fraction of sp³-hybridized carbons (Fsp3) is 0.611. The average Bonchev–Trinajstić information content (AvgIpc) is 3.03. The van der Waals surface area contributed by atoms with Gasteiger partial charge in [-0.25, -0.2) is 4.39 Å². The molecule has 0 unspecified atom stereocenters. The second kappa shape index (κ2) is 8.49. The molecule has 1 aliphatic rings. The summed E-state index contributed by atoms with van der Waals surface area (Å²) in [6.45, 7) is 9.58. The van der Waals surface area contributed by atoms with E-state index in [4.69, 9.17) is 0 Å². The molecular formula is C18H27FN6. The summed E-state index contributed by atoms with van der Waals surface area (Å²) in [5.74, 6) is 1.16. The monoisotopic (exact) mass is 346 g/mol. The van der Waals surface area contributed by atoms with Gasteiger partial charge in [-0.15, -0.1) is 10.2 Å². The number of benzene rings is 1. The molecule has 0 aliphatic carbocycles. The summed E-state index contributed by atoms with van der Waals surface area (Å²) in [4.78, 5) is 5.05. The highest BCUT2D eigenvalue weighted by Crippen LogP contribution is 2.20. The highest BCUT2D eigenvalue weighted by Gasteiger charge is 2.27. The van der Waals surface area contributed by atoms with Gasteiger partial charge >= 0.3 is 0 Å². The van der Waals surface area contributed by atoms with Gasteiger partial charge in [0.2, 0.25) is 0 Å². The smallest absolute Gasteiger partial charge is 0.175 e. The molecule has 1 fully saturated rings. The van der Waals surface area contributed by atoms with E-state index in [1.807, 2.05) is 12.1 Å². The molecule has 25 heavy (non-hydrogen) atoms. The summed E-state index contributed by atoms with van der Waals surface area (Å²) >= 11 is 0.